The molecule has 1 rings (SSSR count). The highest BCUT2D eigenvalue weighted by Gasteiger charge is 2.48. The molecule has 0 spiro atoms. The van der Waals surface area contributed by atoms with E-state index in [9.17, 15) is 29.7 Å². The van der Waals surface area contributed by atoms with Crippen molar-refractivity contribution in [3.05, 3.63) is 0 Å². The Balaban J connectivity index is 2.12. The second-order valence-corrected chi connectivity index (χ2v) is 9.68. The highest BCUT2D eigenvalue weighted by Crippen LogP contribution is 2.22. The highest BCUT2D eigenvalue weighted by molar-refractivity contribution is 5.76. The van der Waals surface area contributed by atoms with Crippen LogP contribution in [0.1, 0.15) is 104 Å². The number of carboxylic acid groups (broad SMARTS) is 1. The molecule has 10 nitrogen and oxygen atoms in total. The molecule has 5 atom stereocenters. The highest BCUT2D eigenvalue weighted by atomic mass is 16.7. The van der Waals surface area contributed by atoms with Gasteiger partial charge < -0.3 is 35.4 Å². The van der Waals surface area contributed by atoms with Crippen LogP contribution < -0.4 is 10.6 Å². The van der Waals surface area contributed by atoms with Crippen molar-refractivity contribution in [2.24, 2.45) is 0 Å². The van der Waals surface area contributed by atoms with Crippen molar-refractivity contribution in [1.29, 1.82) is 0 Å². The summed E-state index contributed by atoms with van der Waals surface area (Å²) in [5.41, 5.74) is 0. The van der Waals surface area contributed by atoms with Gasteiger partial charge in [0.25, 0.3) is 0 Å². The predicted molar refractivity (Wildman–Crippen MR) is 135 cm³/mol. The van der Waals surface area contributed by atoms with E-state index >= 15 is 0 Å². The number of hydrogen-bond acceptors (Lipinski definition) is 7. The molecule has 1 aliphatic rings. The van der Waals surface area contributed by atoms with Gasteiger partial charge in [0, 0.05) is 19.9 Å². The minimum atomic E-state index is -1.72. The van der Waals surface area contributed by atoms with Crippen molar-refractivity contribution in [2.45, 2.75) is 134 Å². The topological polar surface area (TPSA) is 154 Å². The molecule has 1 heterocycles. The van der Waals surface area contributed by atoms with Crippen LogP contribution in [-0.2, 0) is 23.9 Å². The maximum absolute atomic E-state index is 12.0. The van der Waals surface area contributed by atoms with Gasteiger partial charge in [-0.25, -0.2) is 4.79 Å². The summed E-state index contributed by atoms with van der Waals surface area (Å²) in [5.74, 6) is -2.05. The lowest BCUT2D eigenvalue weighted by Crippen LogP contribution is -2.65. The van der Waals surface area contributed by atoms with Crippen LogP contribution in [0.3, 0.4) is 0 Å². The van der Waals surface area contributed by atoms with E-state index < -0.39 is 42.5 Å². The molecular weight excluding hydrogens is 468 g/mol. The molecule has 1 fully saturated rings. The van der Waals surface area contributed by atoms with Crippen LogP contribution >= 0.6 is 0 Å². The normalized spacial score (nSPS) is 23.8. The summed E-state index contributed by atoms with van der Waals surface area (Å²) in [4.78, 5) is 34.7. The molecule has 0 aromatic carbocycles. The van der Waals surface area contributed by atoms with Crippen molar-refractivity contribution in [1.82, 2.24) is 10.6 Å². The second kappa shape index (κ2) is 19.4. The van der Waals surface area contributed by atoms with Gasteiger partial charge in [-0.05, 0) is 6.42 Å². The molecule has 1 aliphatic heterocycles. The van der Waals surface area contributed by atoms with Crippen LogP contribution in [0.2, 0.25) is 0 Å². The molecule has 2 amide bonds. The van der Waals surface area contributed by atoms with E-state index in [2.05, 4.69) is 17.6 Å². The molecule has 0 radical (unpaired) electrons. The molecule has 1 saturated heterocycles. The SMILES string of the molecule is CCCCCCCCCCCCCCCC(=O)NCCO[C@@H]1O[C@H](C(=O)O)[C@@H](O)[C@H](O)[C@@H]1NC(C)=O. The van der Waals surface area contributed by atoms with Crippen LogP contribution in [0.15, 0.2) is 0 Å². The van der Waals surface area contributed by atoms with Gasteiger partial charge in [-0.1, -0.05) is 84.0 Å². The number of ether oxygens (including phenoxy) is 2. The third kappa shape index (κ3) is 13.5. The predicted octanol–water partition coefficient (Wildman–Crippen LogP) is 2.64. The lowest BCUT2D eigenvalue weighted by molar-refractivity contribution is -0.263. The van der Waals surface area contributed by atoms with Crippen LogP contribution in [0, 0.1) is 0 Å². The van der Waals surface area contributed by atoms with Gasteiger partial charge in [-0.15, -0.1) is 0 Å². The number of carboxylic acids is 1. The molecule has 0 bridgehead atoms. The number of hydrogen-bond donors (Lipinski definition) is 5. The zero-order chi connectivity index (χ0) is 26.8. The first-order valence-corrected chi connectivity index (χ1v) is 13.7. The molecule has 0 unspecified atom stereocenters. The Bertz CT molecular complexity index is 633. The molecule has 0 saturated carbocycles. The zero-order valence-corrected chi connectivity index (χ0v) is 22.1. The van der Waals surface area contributed by atoms with E-state index in [1.807, 2.05) is 0 Å². The Kier molecular flexibility index (Phi) is 17.4. The standard InChI is InChI=1S/C26H48N2O8/c1-3-4-5-6-7-8-9-10-11-12-13-14-15-16-20(30)27-17-18-35-26-21(28-19(2)29)22(31)23(32)24(36-26)25(33)34/h21-24,26,31-32H,3-18H2,1-2H3,(H,27,30)(H,28,29)(H,33,34)/t21-,22+,23-,24-,26+/m0/s1. The number of aliphatic carboxylic acids is 1. The molecule has 0 aliphatic carbocycles. The lowest BCUT2D eigenvalue weighted by atomic mass is 9.96. The fraction of sp³-hybridized carbons (Fsp3) is 0.885. The Morgan fingerprint density at radius 2 is 1.36 bits per heavy atom. The van der Waals surface area contributed by atoms with Crippen LogP contribution in [0.5, 0.6) is 0 Å². The van der Waals surface area contributed by atoms with E-state index in [1.165, 1.54) is 71.1 Å². The third-order valence-corrected chi connectivity index (χ3v) is 6.43. The summed E-state index contributed by atoms with van der Waals surface area (Å²) in [6.45, 7) is 3.61. The Morgan fingerprint density at radius 3 is 1.86 bits per heavy atom. The quantitative estimate of drug-likeness (QED) is 0.155. The third-order valence-electron chi connectivity index (χ3n) is 6.43. The van der Waals surface area contributed by atoms with E-state index in [1.54, 1.807) is 0 Å². The van der Waals surface area contributed by atoms with Crippen LogP contribution in [0.25, 0.3) is 0 Å². The van der Waals surface area contributed by atoms with Gasteiger partial charge in [0.05, 0.1) is 6.61 Å². The fourth-order valence-corrected chi connectivity index (χ4v) is 4.35. The van der Waals surface area contributed by atoms with Gasteiger partial charge >= 0.3 is 5.97 Å². The molecule has 0 aromatic heterocycles. The van der Waals surface area contributed by atoms with E-state index in [0.29, 0.717) is 6.42 Å². The van der Waals surface area contributed by atoms with Gasteiger partial charge in [-0.3, -0.25) is 9.59 Å². The summed E-state index contributed by atoms with van der Waals surface area (Å²) in [7, 11) is 0. The minimum absolute atomic E-state index is 0.0136. The average Bonchev–Trinajstić information content (AvgIpc) is 2.83. The molecule has 10 heteroatoms. The summed E-state index contributed by atoms with van der Waals surface area (Å²) < 4.78 is 10.7. The largest absolute Gasteiger partial charge is 0.479 e. The summed E-state index contributed by atoms with van der Waals surface area (Å²) in [5, 5.41) is 34.5. The number of amides is 2. The summed E-state index contributed by atoms with van der Waals surface area (Å²) >= 11 is 0. The number of aliphatic hydroxyl groups excluding tert-OH is 2. The Morgan fingerprint density at radius 1 is 0.833 bits per heavy atom. The lowest BCUT2D eigenvalue weighted by Gasteiger charge is -2.41. The second-order valence-electron chi connectivity index (χ2n) is 9.68. The van der Waals surface area contributed by atoms with Crippen molar-refractivity contribution in [3.63, 3.8) is 0 Å². The fourth-order valence-electron chi connectivity index (χ4n) is 4.35. The van der Waals surface area contributed by atoms with Gasteiger partial charge in [0.1, 0.15) is 18.2 Å². The van der Waals surface area contributed by atoms with E-state index in [4.69, 9.17) is 9.47 Å². The Hall–Kier alpha value is -1.75. The number of carbonyl (C=O) groups is 3. The summed E-state index contributed by atoms with van der Waals surface area (Å²) in [6, 6.07) is -1.14. The molecule has 5 N–H and O–H groups in total. The van der Waals surface area contributed by atoms with Gasteiger partial charge in [-0.2, -0.15) is 0 Å². The smallest absolute Gasteiger partial charge is 0.335 e. The minimum Gasteiger partial charge on any atom is -0.479 e. The molecular formula is C26H48N2O8. The molecule has 36 heavy (non-hydrogen) atoms. The maximum atomic E-state index is 12.0. The number of unbranched alkanes of at least 4 members (excludes halogenated alkanes) is 12. The van der Waals surface area contributed by atoms with Crippen molar-refractivity contribution in [3.8, 4) is 0 Å². The summed E-state index contributed by atoms with van der Waals surface area (Å²) in [6.07, 6.45) is 10.3. The maximum Gasteiger partial charge on any atom is 0.335 e. The first-order chi connectivity index (χ1) is 17.3. The van der Waals surface area contributed by atoms with Crippen molar-refractivity contribution < 1.29 is 39.2 Å². The number of nitrogens with one attached hydrogen (secondary N) is 2. The van der Waals surface area contributed by atoms with Crippen molar-refractivity contribution in [2.75, 3.05) is 13.2 Å². The van der Waals surface area contributed by atoms with Gasteiger partial charge in [0.2, 0.25) is 11.8 Å². The molecule has 210 valence electrons. The van der Waals surface area contributed by atoms with Crippen LogP contribution in [-0.4, -0.2) is 76.9 Å². The van der Waals surface area contributed by atoms with Gasteiger partial charge in [0.15, 0.2) is 12.4 Å². The first-order valence-electron chi connectivity index (χ1n) is 13.7. The zero-order valence-electron chi connectivity index (χ0n) is 22.1. The van der Waals surface area contributed by atoms with Crippen molar-refractivity contribution >= 4 is 17.8 Å². The number of aliphatic hydroxyl groups is 2. The number of carbonyl (C=O) groups excluding carboxylic acids is 2. The monoisotopic (exact) mass is 516 g/mol. The molecule has 0 aromatic rings. The first kappa shape index (κ1) is 32.3. The number of rotatable bonds is 20. The van der Waals surface area contributed by atoms with E-state index in [-0.39, 0.29) is 19.1 Å². The van der Waals surface area contributed by atoms with E-state index in [0.717, 1.165) is 19.3 Å². The average molecular weight is 517 g/mol. The van der Waals surface area contributed by atoms with Crippen LogP contribution in [0.4, 0.5) is 0 Å². The Labute approximate surface area is 215 Å².